The summed E-state index contributed by atoms with van der Waals surface area (Å²) in [4.78, 5) is 2.78. The van der Waals surface area contributed by atoms with E-state index in [0.717, 1.165) is 24.9 Å². The van der Waals surface area contributed by atoms with Crippen LogP contribution in [0, 0.1) is 5.92 Å². The van der Waals surface area contributed by atoms with Gasteiger partial charge in [-0.25, -0.2) is 0 Å². The molecule has 0 bridgehead atoms. The fourth-order valence-corrected chi connectivity index (χ4v) is 4.50. The normalized spacial score (nSPS) is 29.0. The van der Waals surface area contributed by atoms with E-state index < -0.39 is 0 Å². The van der Waals surface area contributed by atoms with Gasteiger partial charge in [0.05, 0.1) is 0 Å². The molecule has 0 spiro atoms. The van der Waals surface area contributed by atoms with Crippen molar-refractivity contribution in [2.24, 2.45) is 11.7 Å². The largest absolute Gasteiger partial charge is 0.329 e. The van der Waals surface area contributed by atoms with Gasteiger partial charge in [-0.1, -0.05) is 43.2 Å². The van der Waals surface area contributed by atoms with E-state index in [4.69, 9.17) is 5.73 Å². The first-order chi connectivity index (χ1) is 10.2. The van der Waals surface area contributed by atoms with E-state index in [2.05, 4.69) is 42.2 Å². The number of benzene rings is 1. The van der Waals surface area contributed by atoms with Crippen LogP contribution in [0.4, 0.5) is 0 Å². The van der Waals surface area contributed by atoms with Crippen molar-refractivity contribution in [3.05, 3.63) is 35.9 Å². The second kappa shape index (κ2) is 6.50. The molecule has 2 heteroatoms. The van der Waals surface area contributed by atoms with E-state index in [1.54, 1.807) is 0 Å². The summed E-state index contributed by atoms with van der Waals surface area (Å²) in [5.41, 5.74) is 7.85. The number of fused-ring (bicyclic) bond motifs is 1. The number of hydrogen-bond donors (Lipinski definition) is 1. The third-order valence-corrected chi connectivity index (χ3v) is 5.94. The Balaban J connectivity index is 1.67. The molecule has 3 rings (SSSR count). The van der Waals surface area contributed by atoms with Gasteiger partial charge in [-0.15, -0.1) is 0 Å². The highest BCUT2D eigenvalue weighted by atomic mass is 15.3. The Hall–Kier alpha value is -0.860. The van der Waals surface area contributed by atoms with E-state index in [9.17, 15) is 0 Å². The van der Waals surface area contributed by atoms with Crippen LogP contribution < -0.4 is 5.73 Å². The molecule has 2 nitrogen and oxygen atoms in total. The molecule has 1 aliphatic heterocycles. The van der Waals surface area contributed by atoms with Crippen molar-refractivity contribution in [2.45, 2.75) is 63.5 Å². The van der Waals surface area contributed by atoms with Crippen LogP contribution in [-0.4, -0.2) is 29.6 Å². The molecular formula is C19H30N2. The van der Waals surface area contributed by atoms with Gasteiger partial charge in [-0.2, -0.15) is 0 Å². The smallest absolute Gasteiger partial charge is 0.0309 e. The maximum atomic E-state index is 6.23. The predicted octanol–water partition coefficient (Wildman–Crippen LogP) is 3.60. The highest BCUT2D eigenvalue weighted by molar-refractivity contribution is 5.15. The van der Waals surface area contributed by atoms with Gasteiger partial charge in [0.1, 0.15) is 0 Å². The Bertz CT molecular complexity index is 444. The highest BCUT2D eigenvalue weighted by Gasteiger charge is 2.43. The summed E-state index contributed by atoms with van der Waals surface area (Å²) in [5.74, 6) is 0.946. The second-order valence-electron chi connectivity index (χ2n) is 7.28. The lowest BCUT2D eigenvalue weighted by Crippen LogP contribution is -2.55. The predicted molar refractivity (Wildman–Crippen MR) is 89.3 cm³/mol. The van der Waals surface area contributed by atoms with E-state index in [-0.39, 0.29) is 5.54 Å². The summed E-state index contributed by atoms with van der Waals surface area (Å²) < 4.78 is 0. The molecule has 1 saturated heterocycles. The number of likely N-dealkylation sites (tertiary alicyclic amines) is 1. The van der Waals surface area contributed by atoms with Crippen molar-refractivity contribution in [3.8, 4) is 0 Å². The summed E-state index contributed by atoms with van der Waals surface area (Å²) in [6.45, 7) is 4.44. The van der Waals surface area contributed by atoms with Gasteiger partial charge in [0, 0.05) is 18.1 Å². The van der Waals surface area contributed by atoms with Crippen LogP contribution in [0.1, 0.15) is 51.0 Å². The van der Waals surface area contributed by atoms with Crippen molar-refractivity contribution in [1.82, 2.24) is 4.90 Å². The average molecular weight is 286 g/mol. The summed E-state index contributed by atoms with van der Waals surface area (Å²) in [6, 6.07) is 11.7. The average Bonchev–Trinajstić information content (AvgIpc) is 2.98. The molecule has 2 fully saturated rings. The van der Waals surface area contributed by atoms with Gasteiger partial charge < -0.3 is 5.73 Å². The third-order valence-electron chi connectivity index (χ3n) is 5.94. The Kier molecular flexibility index (Phi) is 4.66. The van der Waals surface area contributed by atoms with E-state index >= 15 is 0 Å². The minimum Gasteiger partial charge on any atom is -0.329 e. The van der Waals surface area contributed by atoms with Gasteiger partial charge in [-0.05, 0) is 57.1 Å². The molecule has 1 aromatic carbocycles. The summed E-state index contributed by atoms with van der Waals surface area (Å²) >= 11 is 0. The zero-order valence-electron chi connectivity index (χ0n) is 13.4. The molecule has 1 aromatic rings. The third kappa shape index (κ3) is 3.17. The fraction of sp³-hybridized carbons (Fsp3) is 0.684. The fourth-order valence-electron chi connectivity index (χ4n) is 4.50. The minimum atomic E-state index is 0.173. The Morgan fingerprint density at radius 2 is 1.90 bits per heavy atom. The van der Waals surface area contributed by atoms with Gasteiger partial charge in [-0.3, -0.25) is 4.90 Å². The van der Waals surface area contributed by atoms with Crippen molar-refractivity contribution >= 4 is 0 Å². The molecule has 3 unspecified atom stereocenters. The molecule has 1 heterocycles. The van der Waals surface area contributed by atoms with E-state index in [1.807, 2.05) is 0 Å². The van der Waals surface area contributed by atoms with Crippen LogP contribution in [0.25, 0.3) is 0 Å². The number of aryl methyl sites for hydroxylation is 1. The molecule has 0 radical (unpaired) electrons. The summed E-state index contributed by atoms with van der Waals surface area (Å²) in [7, 11) is 0. The zero-order chi connectivity index (χ0) is 14.7. The SMILES string of the molecule is CC(CN)(CCc1ccccc1)N1CCC2CCCCC21. The van der Waals surface area contributed by atoms with Gasteiger partial charge in [0.2, 0.25) is 0 Å². The van der Waals surface area contributed by atoms with Crippen LogP contribution in [0.3, 0.4) is 0 Å². The Morgan fingerprint density at radius 1 is 1.14 bits per heavy atom. The van der Waals surface area contributed by atoms with Gasteiger partial charge >= 0.3 is 0 Å². The lowest BCUT2D eigenvalue weighted by Gasteiger charge is -2.44. The van der Waals surface area contributed by atoms with Crippen LogP contribution in [0.2, 0.25) is 0 Å². The summed E-state index contributed by atoms with van der Waals surface area (Å²) in [5, 5.41) is 0. The minimum absolute atomic E-state index is 0.173. The molecule has 2 aliphatic rings. The van der Waals surface area contributed by atoms with Crippen LogP contribution in [0.15, 0.2) is 30.3 Å². The van der Waals surface area contributed by atoms with Crippen molar-refractivity contribution in [3.63, 3.8) is 0 Å². The van der Waals surface area contributed by atoms with Crippen LogP contribution in [0.5, 0.6) is 0 Å². The molecule has 0 amide bonds. The van der Waals surface area contributed by atoms with Gasteiger partial charge in [0.25, 0.3) is 0 Å². The first kappa shape index (κ1) is 15.1. The maximum absolute atomic E-state index is 6.23. The number of nitrogens with two attached hydrogens (primary N) is 1. The van der Waals surface area contributed by atoms with Crippen molar-refractivity contribution in [1.29, 1.82) is 0 Å². The summed E-state index contributed by atoms with van der Waals surface area (Å²) in [6.07, 6.45) is 9.41. The molecular weight excluding hydrogens is 256 g/mol. The number of rotatable bonds is 5. The first-order valence-corrected chi connectivity index (χ1v) is 8.74. The lowest BCUT2D eigenvalue weighted by molar-refractivity contribution is 0.0610. The van der Waals surface area contributed by atoms with E-state index in [1.165, 1.54) is 50.6 Å². The molecule has 2 N–H and O–H groups in total. The van der Waals surface area contributed by atoms with Crippen molar-refractivity contribution in [2.75, 3.05) is 13.1 Å². The highest BCUT2D eigenvalue weighted by Crippen LogP contribution is 2.40. The Labute approximate surface area is 129 Å². The number of nitrogens with zero attached hydrogens (tertiary/aromatic N) is 1. The lowest BCUT2D eigenvalue weighted by atomic mass is 9.83. The second-order valence-corrected chi connectivity index (χ2v) is 7.28. The molecule has 1 aliphatic carbocycles. The standard InChI is InChI=1S/C19H30N2/c1-19(15-20,13-11-16-7-3-2-4-8-16)21-14-12-17-9-5-6-10-18(17)21/h2-4,7-8,17-18H,5-6,9-15,20H2,1H3. The van der Waals surface area contributed by atoms with Crippen molar-refractivity contribution < 1.29 is 0 Å². The zero-order valence-corrected chi connectivity index (χ0v) is 13.4. The molecule has 0 aromatic heterocycles. The van der Waals surface area contributed by atoms with Crippen LogP contribution >= 0.6 is 0 Å². The molecule has 1 saturated carbocycles. The van der Waals surface area contributed by atoms with Crippen LogP contribution in [-0.2, 0) is 6.42 Å². The number of hydrogen-bond acceptors (Lipinski definition) is 2. The monoisotopic (exact) mass is 286 g/mol. The van der Waals surface area contributed by atoms with Gasteiger partial charge in [0.15, 0.2) is 0 Å². The topological polar surface area (TPSA) is 29.3 Å². The molecule has 116 valence electrons. The molecule has 21 heavy (non-hydrogen) atoms. The molecule has 3 atom stereocenters. The first-order valence-electron chi connectivity index (χ1n) is 8.74. The van der Waals surface area contributed by atoms with E-state index in [0.29, 0.717) is 0 Å². The quantitative estimate of drug-likeness (QED) is 0.896. The maximum Gasteiger partial charge on any atom is 0.0309 e. The Morgan fingerprint density at radius 3 is 2.67 bits per heavy atom.